The van der Waals surface area contributed by atoms with Crippen LogP contribution in [0.25, 0.3) is 10.8 Å². The summed E-state index contributed by atoms with van der Waals surface area (Å²) in [5.74, 6) is -3.11. The molecule has 0 saturated carbocycles. The van der Waals surface area contributed by atoms with E-state index in [1.165, 1.54) is 18.2 Å². The average molecular weight is 428 g/mol. The molecule has 0 bridgehead atoms. The van der Waals surface area contributed by atoms with Crippen molar-refractivity contribution in [3.05, 3.63) is 60.4 Å². The summed E-state index contributed by atoms with van der Waals surface area (Å²) >= 11 is 0. The third-order valence-corrected chi connectivity index (χ3v) is 4.88. The predicted octanol–water partition coefficient (Wildman–Crippen LogP) is 2.23. The van der Waals surface area contributed by atoms with Crippen molar-refractivity contribution >= 4 is 46.5 Å². The van der Waals surface area contributed by atoms with Crippen molar-refractivity contribution in [2.24, 2.45) is 10.7 Å². The van der Waals surface area contributed by atoms with Gasteiger partial charge in [0, 0.05) is 35.5 Å². The zero-order valence-electron chi connectivity index (χ0n) is 15.9. The number of aliphatic imine (C=N–C) groups is 1. The lowest BCUT2D eigenvalue weighted by molar-refractivity contribution is -0.117. The van der Waals surface area contributed by atoms with Crippen molar-refractivity contribution in [2.45, 2.75) is 12.1 Å². The number of nitrogens with one attached hydrogen (secondary N) is 1. The first-order valence-electron chi connectivity index (χ1n) is 9.26. The second kappa shape index (κ2) is 8.01. The van der Waals surface area contributed by atoms with Gasteiger partial charge in [-0.25, -0.2) is 4.99 Å². The molecule has 0 spiro atoms. The van der Waals surface area contributed by atoms with Crippen molar-refractivity contribution in [3.8, 4) is 0 Å². The number of benzene rings is 2. The number of carbonyl (C=O) groups is 1. The Bertz CT molecular complexity index is 1190. The van der Waals surface area contributed by atoms with Crippen LogP contribution in [0.1, 0.15) is 11.5 Å². The van der Waals surface area contributed by atoms with Crippen LogP contribution in [0.2, 0.25) is 0 Å². The molecule has 3 aromatic rings. The normalized spacial score (nSPS) is 14.5. The molecule has 1 amide bonds. The molecule has 0 fully saturated rings. The molecular weight excluding hydrogens is 412 g/mol. The number of amides is 1. The van der Waals surface area contributed by atoms with E-state index < -0.39 is 31.0 Å². The summed E-state index contributed by atoms with van der Waals surface area (Å²) in [7, 11) is -1.86. The van der Waals surface area contributed by atoms with E-state index in [4.69, 9.17) is 5.73 Å². The van der Waals surface area contributed by atoms with Crippen LogP contribution in [0.4, 0.5) is 24.5 Å². The van der Waals surface area contributed by atoms with Gasteiger partial charge in [-0.05, 0) is 29.1 Å². The molecule has 31 heavy (non-hydrogen) atoms. The van der Waals surface area contributed by atoms with Crippen LogP contribution < -0.4 is 16.5 Å². The van der Waals surface area contributed by atoms with Gasteiger partial charge in [0.05, 0.1) is 11.6 Å². The number of fused-ring (bicyclic) bond motifs is 2. The summed E-state index contributed by atoms with van der Waals surface area (Å²) in [5.41, 5.74) is 6.30. The van der Waals surface area contributed by atoms with Crippen LogP contribution in [0.3, 0.4) is 0 Å². The monoisotopic (exact) mass is 428 g/mol. The van der Waals surface area contributed by atoms with Crippen LogP contribution in [0.5, 0.6) is 0 Å². The number of rotatable bonds is 4. The van der Waals surface area contributed by atoms with Crippen molar-refractivity contribution in [3.63, 3.8) is 0 Å². The van der Waals surface area contributed by atoms with Crippen LogP contribution in [0.15, 0.2) is 59.9 Å². The SMILES string of the molecule is NCC(C(=O)Nc1ccc2cnccc2c1)c1cccc2c1N=C(C(F)(F)F)OB2O. The fourth-order valence-corrected chi connectivity index (χ4v) is 3.38. The molecule has 2 heterocycles. The van der Waals surface area contributed by atoms with Gasteiger partial charge < -0.3 is 20.7 Å². The van der Waals surface area contributed by atoms with E-state index in [-0.39, 0.29) is 23.3 Å². The van der Waals surface area contributed by atoms with Gasteiger partial charge in [0.1, 0.15) is 0 Å². The Labute approximate surface area is 174 Å². The summed E-state index contributed by atoms with van der Waals surface area (Å²) in [6, 6.07) is 11.3. The number of hydrogen-bond acceptors (Lipinski definition) is 6. The minimum absolute atomic E-state index is 0.0231. The number of anilines is 1. The molecule has 1 atom stereocenters. The van der Waals surface area contributed by atoms with Crippen LogP contribution >= 0.6 is 0 Å². The number of hydrogen-bond donors (Lipinski definition) is 3. The lowest BCUT2D eigenvalue weighted by atomic mass is 9.75. The Morgan fingerprint density at radius 2 is 2.03 bits per heavy atom. The number of alkyl halides is 3. The molecule has 1 aliphatic heterocycles. The molecule has 1 unspecified atom stereocenters. The quantitative estimate of drug-likeness (QED) is 0.553. The maximum Gasteiger partial charge on any atom is 0.563 e. The molecule has 7 nitrogen and oxygen atoms in total. The molecule has 1 aliphatic rings. The maximum absolute atomic E-state index is 13.1. The standard InChI is InChI=1S/C20H16BF3N4O3/c22-20(23,24)19-28-17-14(2-1-3-16(17)21(30)31-19)15(9-25)18(29)27-13-5-4-12-10-26-7-6-11(12)8-13/h1-8,10,15,30H,9,25H2,(H,27,29). The van der Waals surface area contributed by atoms with Crippen LogP contribution in [-0.2, 0) is 9.45 Å². The second-order valence-corrected chi connectivity index (χ2v) is 6.89. The minimum atomic E-state index is -4.90. The highest BCUT2D eigenvalue weighted by atomic mass is 19.4. The van der Waals surface area contributed by atoms with Gasteiger partial charge in [0.2, 0.25) is 5.91 Å². The number of halogens is 3. The highest BCUT2D eigenvalue weighted by Gasteiger charge is 2.44. The maximum atomic E-state index is 13.1. The van der Waals surface area contributed by atoms with Gasteiger partial charge in [-0.2, -0.15) is 13.2 Å². The highest BCUT2D eigenvalue weighted by Crippen LogP contribution is 2.32. The first-order chi connectivity index (χ1) is 14.8. The minimum Gasteiger partial charge on any atom is -0.515 e. The second-order valence-electron chi connectivity index (χ2n) is 6.89. The number of para-hydroxylation sites is 1. The first kappa shape index (κ1) is 20.8. The van der Waals surface area contributed by atoms with E-state index in [2.05, 4.69) is 19.9 Å². The summed E-state index contributed by atoms with van der Waals surface area (Å²) in [4.78, 5) is 20.5. The molecule has 158 valence electrons. The van der Waals surface area contributed by atoms with Crippen molar-refractivity contribution < 1.29 is 27.6 Å². The zero-order chi connectivity index (χ0) is 22.2. The first-order valence-corrected chi connectivity index (χ1v) is 9.26. The van der Waals surface area contributed by atoms with Gasteiger partial charge in [0.25, 0.3) is 5.90 Å². The van der Waals surface area contributed by atoms with Gasteiger partial charge in [-0.15, -0.1) is 0 Å². The number of nitrogens with zero attached hydrogens (tertiary/aromatic N) is 2. The third kappa shape index (κ3) is 4.10. The molecule has 1 aromatic heterocycles. The fourth-order valence-electron chi connectivity index (χ4n) is 3.38. The van der Waals surface area contributed by atoms with E-state index in [1.807, 2.05) is 0 Å². The molecule has 0 radical (unpaired) electrons. The highest BCUT2D eigenvalue weighted by molar-refractivity contribution is 6.64. The van der Waals surface area contributed by atoms with E-state index in [0.717, 1.165) is 10.8 Å². The Morgan fingerprint density at radius 1 is 1.23 bits per heavy atom. The Kier molecular flexibility index (Phi) is 5.38. The lowest BCUT2D eigenvalue weighted by Crippen LogP contribution is -2.44. The molecular formula is C20H16BF3N4O3. The van der Waals surface area contributed by atoms with E-state index in [9.17, 15) is 23.0 Å². The molecule has 11 heteroatoms. The van der Waals surface area contributed by atoms with Crippen molar-refractivity contribution in [1.29, 1.82) is 0 Å². The van der Waals surface area contributed by atoms with Gasteiger partial charge >= 0.3 is 13.3 Å². The molecule has 4 rings (SSSR count). The predicted molar refractivity (Wildman–Crippen MR) is 110 cm³/mol. The third-order valence-electron chi connectivity index (χ3n) is 4.88. The Hall–Kier alpha value is -3.44. The number of nitrogens with two attached hydrogens (primary N) is 1. The molecule has 0 aliphatic carbocycles. The number of aromatic nitrogens is 1. The van der Waals surface area contributed by atoms with E-state index >= 15 is 0 Å². The van der Waals surface area contributed by atoms with Crippen molar-refractivity contribution in [2.75, 3.05) is 11.9 Å². The van der Waals surface area contributed by atoms with Crippen LogP contribution in [-0.4, -0.2) is 41.7 Å². The largest absolute Gasteiger partial charge is 0.563 e. The number of carbonyl (C=O) groups excluding carboxylic acids is 1. The molecule has 2 aromatic carbocycles. The Morgan fingerprint density at radius 3 is 2.77 bits per heavy atom. The Balaban J connectivity index is 1.69. The lowest BCUT2D eigenvalue weighted by Gasteiger charge is -2.24. The topological polar surface area (TPSA) is 110 Å². The van der Waals surface area contributed by atoms with Gasteiger partial charge in [-0.3, -0.25) is 9.78 Å². The van der Waals surface area contributed by atoms with Crippen molar-refractivity contribution in [1.82, 2.24) is 4.98 Å². The summed E-state index contributed by atoms with van der Waals surface area (Å²) in [6.45, 7) is -0.187. The summed E-state index contributed by atoms with van der Waals surface area (Å²) in [5, 5.41) is 14.5. The van der Waals surface area contributed by atoms with E-state index in [0.29, 0.717) is 5.69 Å². The summed E-state index contributed by atoms with van der Waals surface area (Å²) in [6.07, 6.45) is -1.59. The number of pyridine rings is 1. The fraction of sp³-hybridized carbons (Fsp3) is 0.150. The smallest absolute Gasteiger partial charge is 0.515 e. The molecule has 0 saturated heterocycles. The average Bonchev–Trinajstić information content (AvgIpc) is 2.74. The van der Waals surface area contributed by atoms with Crippen LogP contribution in [0, 0.1) is 0 Å². The van der Waals surface area contributed by atoms with Gasteiger partial charge in [0.15, 0.2) is 0 Å². The zero-order valence-corrected chi connectivity index (χ0v) is 15.9. The van der Waals surface area contributed by atoms with Gasteiger partial charge in [-0.1, -0.05) is 24.3 Å². The molecule has 4 N–H and O–H groups in total. The summed E-state index contributed by atoms with van der Waals surface area (Å²) < 4.78 is 43.9. The van der Waals surface area contributed by atoms with E-state index in [1.54, 1.807) is 36.7 Å².